The zero-order valence-electron chi connectivity index (χ0n) is 11.7. The van der Waals surface area contributed by atoms with Crippen molar-refractivity contribution in [2.75, 3.05) is 19.1 Å². The molecule has 7 nitrogen and oxygen atoms in total. The zero-order chi connectivity index (χ0) is 16.1. The van der Waals surface area contributed by atoms with Gasteiger partial charge in [0.05, 0.1) is 17.8 Å². The van der Waals surface area contributed by atoms with Gasteiger partial charge in [0.25, 0.3) is 0 Å². The predicted octanol–water partition coefficient (Wildman–Crippen LogP) is 0.325. The summed E-state index contributed by atoms with van der Waals surface area (Å²) in [4.78, 5) is 11.4. The fourth-order valence-electron chi connectivity index (χ4n) is 1.46. The first-order valence-corrected chi connectivity index (χ1v) is 9.80. The summed E-state index contributed by atoms with van der Waals surface area (Å²) in [6.45, 7) is 0.218. The van der Waals surface area contributed by atoms with Crippen molar-refractivity contribution in [1.29, 1.82) is 0 Å². The Morgan fingerprint density at radius 2 is 1.67 bits per heavy atom. The maximum atomic E-state index is 11.3. The highest BCUT2D eigenvalue weighted by atomic mass is 32.2. The number of sulfone groups is 1. The van der Waals surface area contributed by atoms with E-state index in [9.17, 15) is 21.6 Å². The number of rotatable bonds is 7. The molecular weight excluding hydrogens is 318 g/mol. The van der Waals surface area contributed by atoms with Crippen LogP contribution in [-0.2, 0) is 24.7 Å². The highest BCUT2D eigenvalue weighted by Gasteiger charge is 2.08. The largest absolute Gasteiger partial charge is 0.494 e. The number of hydrogen-bond acceptors (Lipinski definition) is 6. The van der Waals surface area contributed by atoms with Crippen molar-refractivity contribution in [2.45, 2.75) is 17.7 Å². The van der Waals surface area contributed by atoms with Gasteiger partial charge >= 0.3 is 0 Å². The minimum atomic E-state index is -3.53. The quantitative estimate of drug-likeness (QED) is 0.720. The third-order valence-electron chi connectivity index (χ3n) is 2.37. The standard InChI is InChI=1S/C12H17NO6S2/c1-20(15,16)11-7-5-10(6-8-11)19-9-3-4-12(14)13-21(2,17)18/h5-8H,3-4,9H2,1-2H3,(H,13,14). The van der Waals surface area contributed by atoms with Crippen molar-refractivity contribution < 1.29 is 26.4 Å². The average Bonchev–Trinajstić information content (AvgIpc) is 2.32. The lowest BCUT2D eigenvalue weighted by molar-refractivity contribution is -0.119. The molecule has 0 heterocycles. The smallest absolute Gasteiger partial charge is 0.233 e. The van der Waals surface area contributed by atoms with E-state index in [-0.39, 0.29) is 17.9 Å². The Hall–Kier alpha value is -1.61. The number of benzene rings is 1. The highest BCUT2D eigenvalue weighted by molar-refractivity contribution is 7.90. The first-order valence-electron chi connectivity index (χ1n) is 6.01. The molecule has 21 heavy (non-hydrogen) atoms. The predicted molar refractivity (Wildman–Crippen MR) is 77.3 cm³/mol. The maximum Gasteiger partial charge on any atom is 0.233 e. The number of sulfonamides is 1. The van der Waals surface area contributed by atoms with Gasteiger partial charge in [-0.1, -0.05) is 0 Å². The van der Waals surface area contributed by atoms with Gasteiger partial charge in [-0.2, -0.15) is 0 Å². The Bertz CT molecular complexity index is 692. The normalized spacial score (nSPS) is 11.9. The van der Waals surface area contributed by atoms with Crippen LogP contribution in [0.3, 0.4) is 0 Å². The lowest BCUT2D eigenvalue weighted by Crippen LogP contribution is -2.29. The van der Waals surface area contributed by atoms with Gasteiger partial charge in [-0.25, -0.2) is 16.8 Å². The van der Waals surface area contributed by atoms with Crippen LogP contribution in [0.5, 0.6) is 5.75 Å². The van der Waals surface area contributed by atoms with E-state index in [1.54, 1.807) is 0 Å². The third-order valence-corrected chi connectivity index (χ3v) is 4.09. The van der Waals surface area contributed by atoms with Crippen LogP contribution in [0.4, 0.5) is 0 Å². The summed E-state index contributed by atoms with van der Waals surface area (Å²) in [6, 6.07) is 5.90. The summed E-state index contributed by atoms with van der Waals surface area (Å²) in [5, 5.41) is 0. The number of ether oxygens (including phenoxy) is 1. The van der Waals surface area contributed by atoms with Gasteiger partial charge in [-0.15, -0.1) is 0 Å². The molecule has 0 saturated heterocycles. The molecule has 0 spiro atoms. The van der Waals surface area contributed by atoms with Crippen molar-refractivity contribution >= 4 is 25.8 Å². The monoisotopic (exact) mass is 335 g/mol. The SMILES string of the molecule is CS(=O)(=O)NC(=O)CCCOc1ccc(S(C)(=O)=O)cc1. The number of nitrogens with one attached hydrogen (secondary N) is 1. The summed E-state index contributed by atoms with van der Waals surface area (Å²) < 4.78 is 51.3. The van der Waals surface area contributed by atoms with Gasteiger partial charge in [-0.3, -0.25) is 9.52 Å². The molecule has 1 amide bonds. The van der Waals surface area contributed by atoms with Gasteiger partial charge in [0.1, 0.15) is 5.75 Å². The van der Waals surface area contributed by atoms with E-state index >= 15 is 0 Å². The van der Waals surface area contributed by atoms with Crippen LogP contribution in [0.15, 0.2) is 29.2 Å². The minimum Gasteiger partial charge on any atom is -0.494 e. The molecule has 0 aliphatic carbocycles. The number of carbonyl (C=O) groups excluding carboxylic acids is 1. The molecule has 0 unspecified atom stereocenters. The summed E-state index contributed by atoms with van der Waals surface area (Å²) in [7, 11) is -6.77. The highest BCUT2D eigenvalue weighted by Crippen LogP contribution is 2.16. The van der Waals surface area contributed by atoms with Crippen LogP contribution in [0.1, 0.15) is 12.8 Å². The molecule has 0 aliphatic heterocycles. The molecule has 9 heteroatoms. The molecule has 0 fully saturated rings. The molecule has 0 aromatic heterocycles. The van der Waals surface area contributed by atoms with Gasteiger partial charge in [-0.05, 0) is 30.7 Å². The molecule has 0 saturated carbocycles. The first kappa shape index (κ1) is 17.4. The van der Waals surface area contributed by atoms with Crippen LogP contribution >= 0.6 is 0 Å². The summed E-state index contributed by atoms with van der Waals surface area (Å²) >= 11 is 0. The maximum absolute atomic E-state index is 11.3. The fourth-order valence-corrected chi connectivity index (χ4v) is 2.61. The molecule has 0 aliphatic rings. The second-order valence-corrected chi connectivity index (χ2v) is 8.26. The van der Waals surface area contributed by atoms with Gasteiger partial charge in [0, 0.05) is 12.7 Å². The molecule has 0 radical (unpaired) electrons. The van der Waals surface area contributed by atoms with E-state index in [0.29, 0.717) is 12.2 Å². The van der Waals surface area contributed by atoms with E-state index < -0.39 is 25.8 Å². The molecular formula is C12H17NO6S2. The molecule has 0 atom stereocenters. The molecule has 1 aromatic rings. The Morgan fingerprint density at radius 3 is 2.14 bits per heavy atom. The topological polar surface area (TPSA) is 107 Å². The summed E-state index contributed by atoms with van der Waals surface area (Å²) in [6.07, 6.45) is 2.39. The van der Waals surface area contributed by atoms with E-state index in [2.05, 4.69) is 0 Å². The van der Waals surface area contributed by atoms with E-state index in [1.165, 1.54) is 24.3 Å². The fraction of sp³-hybridized carbons (Fsp3) is 0.417. The Labute approximate surface area is 124 Å². The van der Waals surface area contributed by atoms with E-state index in [0.717, 1.165) is 12.5 Å². The Kier molecular flexibility index (Phi) is 5.73. The molecule has 1 aromatic carbocycles. The minimum absolute atomic E-state index is 0.0223. The summed E-state index contributed by atoms with van der Waals surface area (Å²) in [5.74, 6) is -0.112. The van der Waals surface area contributed by atoms with Crippen LogP contribution < -0.4 is 9.46 Å². The molecule has 1 N–H and O–H groups in total. The van der Waals surface area contributed by atoms with E-state index in [4.69, 9.17) is 4.74 Å². The summed E-state index contributed by atoms with van der Waals surface area (Å²) in [5.41, 5.74) is 0. The van der Waals surface area contributed by atoms with Gasteiger partial charge in [0.2, 0.25) is 15.9 Å². The van der Waals surface area contributed by atoms with Crippen molar-refractivity contribution in [3.8, 4) is 5.75 Å². The number of amides is 1. The lowest BCUT2D eigenvalue weighted by Gasteiger charge is -2.07. The second kappa shape index (κ2) is 6.90. The van der Waals surface area contributed by atoms with Crippen molar-refractivity contribution in [1.82, 2.24) is 4.72 Å². The van der Waals surface area contributed by atoms with Crippen molar-refractivity contribution in [3.05, 3.63) is 24.3 Å². The molecule has 0 bridgehead atoms. The van der Waals surface area contributed by atoms with Gasteiger partial charge < -0.3 is 4.74 Å². The number of hydrogen-bond donors (Lipinski definition) is 1. The Balaban J connectivity index is 2.38. The average molecular weight is 335 g/mol. The lowest BCUT2D eigenvalue weighted by atomic mass is 10.3. The van der Waals surface area contributed by atoms with Crippen molar-refractivity contribution in [2.24, 2.45) is 0 Å². The molecule has 1 rings (SSSR count). The third kappa shape index (κ3) is 7.09. The number of carbonyl (C=O) groups is 1. The van der Waals surface area contributed by atoms with Crippen LogP contribution in [0.2, 0.25) is 0 Å². The van der Waals surface area contributed by atoms with Crippen LogP contribution in [0, 0.1) is 0 Å². The van der Waals surface area contributed by atoms with Crippen LogP contribution in [0.25, 0.3) is 0 Å². The zero-order valence-corrected chi connectivity index (χ0v) is 13.3. The Morgan fingerprint density at radius 1 is 1.10 bits per heavy atom. The van der Waals surface area contributed by atoms with Gasteiger partial charge in [0.15, 0.2) is 9.84 Å². The first-order chi connectivity index (χ1) is 9.58. The molecule has 118 valence electrons. The van der Waals surface area contributed by atoms with Crippen molar-refractivity contribution in [3.63, 3.8) is 0 Å². The second-order valence-electron chi connectivity index (χ2n) is 4.49. The van der Waals surface area contributed by atoms with E-state index in [1.807, 2.05) is 4.72 Å². The van der Waals surface area contributed by atoms with Crippen LogP contribution in [-0.4, -0.2) is 41.9 Å².